The zero-order valence-electron chi connectivity index (χ0n) is 21.4. The molecule has 2 saturated carbocycles. The maximum absolute atomic E-state index is 13.4. The molecule has 7 heteroatoms. The molecule has 2 heterocycles. The quantitative estimate of drug-likeness (QED) is 0.406. The number of benzene rings is 1. The highest BCUT2D eigenvalue weighted by molar-refractivity contribution is 6.09. The summed E-state index contributed by atoms with van der Waals surface area (Å²) < 4.78 is 6.20. The molecule has 3 N–H and O–H groups in total. The number of nitrogens with zero attached hydrogens (tertiary/aromatic N) is 1. The number of H-pyrrole nitrogens is 1. The van der Waals surface area contributed by atoms with E-state index < -0.39 is 0 Å². The van der Waals surface area contributed by atoms with Gasteiger partial charge in [0.25, 0.3) is 5.91 Å². The molecule has 7 nitrogen and oxygen atoms in total. The molecule has 2 aromatic heterocycles. The summed E-state index contributed by atoms with van der Waals surface area (Å²) in [5.41, 5.74) is 6.10. The van der Waals surface area contributed by atoms with Gasteiger partial charge in [0.05, 0.1) is 17.7 Å². The minimum atomic E-state index is -0.0982. The lowest BCUT2D eigenvalue weighted by atomic mass is 9.91. The maximum atomic E-state index is 13.4. The van der Waals surface area contributed by atoms with E-state index in [1.807, 2.05) is 26.0 Å². The Morgan fingerprint density at radius 1 is 1.00 bits per heavy atom. The maximum Gasteiger partial charge on any atom is 0.255 e. The molecule has 1 aromatic carbocycles. The second kappa shape index (κ2) is 10.3. The lowest BCUT2D eigenvalue weighted by Gasteiger charge is -2.29. The number of hydrogen-bond donors (Lipinski definition) is 3. The van der Waals surface area contributed by atoms with Crippen molar-refractivity contribution < 1.29 is 14.3 Å². The highest BCUT2D eigenvalue weighted by atomic mass is 16.5. The van der Waals surface area contributed by atoms with Crippen LogP contribution < -0.4 is 15.4 Å². The van der Waals surface area contributed by atoms with E-state index in [1.165, 1.54) is 12.8 Å². The molecule has 0 bridgehead atoms. The predicted octanol–water partition coefficient (Wildman–Crippen LogP) is 5.20. The van der Waals surface area contributed by atoms with Crippen molar-refractivity contribution in [2.45, 2.75) is 77.8 Å². The summed E-state index contributed by atoms with van der Waals surface area (Å²) in [6, 6.07) is 8.55. The van der Waals surface area contributed by atoms with Crippen LogP contribution in [0, 0.1) is 19.8 Å². The van der Waals surface area contributed by atoms with Crippen LogP contribution in [-0.4, -0.2) is 40.5 Å². The van der Waals surface area contributed by atoms with Gasteiger partial charge < -0.3 is 20.4 Å². The standard InChI is InChI=1S/C29H36N4O3/c1-4-25(34)32-20-8-10-21(11-9-20)33-29(35)26-18(3)31-27-22(13-14-30-28(26)27)23-15-17(2)5-12-24(23)36-16-19-6-7-19/h5,12-15,19-21,31H,4,6-11,16H2,1-3H3,(H,32,34)(H,33,35). The number of rotatable bonds is 8. The van der Waals surface area contributed by atoms with Crippen LogP contribution in [0.4, 0.5) is 0 Å². The Morgan fingerprint density at radius 2 is 1.72 bits per heavy atom. The van der Waals surface area contributed by atoms with E-state index >= 15 is 0 Å². The van der Waals surface area contributed by atoms with Crippen LogP contribution in [0.15, 0.2) is 30.5 Å². The second-order valence-corrected chi connectivity index (χ2v) is 10.4. The zero-order valence-corrected chi connectivity index (χ0v) is 21.4. The Bertz CT molecular complexity index is 1270. The van der Waals surface area contributed by atoms with Crippen molar-refractivity contribution >= 4 is 22.8 Å². The minimum absolute atomic E-state index is 0.0912. The molecule has 0 aliphatic heterocycles. The monoisotopic (exact) mass is 488 g/mol. The molecular formula is C29H36N4O3. The summed E-state index contributed by atoms with van der Waals surface area (Å²) in [4.78, 5) is 33.2. The lowest BCUT2D eigenvalue weighted by molar-refractivity contribution is -0.121. The lowest BCUT2D eigenvalue weighted by Crippen LogP contribution is -2.43. The van der Waals surface area contributed by atoms with Crippen molar-refractivity contribution in [3.8, 4) is 16.9 Å². The molecule has 0 saturated heterocycles. The summed E-state index contributed by atoms with van der Waals surface area (Å²) >= 11 is 0. The van der Waals surface area contributed by atoms with Gasteiger partial charge in [0.2, 0.25) is 5.91 Å². The van der Waals surface area contributed by atoms with Gasteiger partial charge in [0.1, 0.15) is 11.3 Å². The first-order valence-corrected chi connectivity index (χ1v) is 13.2. The number of carbonyl (C=O) groups excluding carboxylic acids is 2. The summed E-state index contributed by atoms with van der Waals surface area (Å²) in [6.45, 7) is 6.61. The highest BCUT2D eigenvalue weighted by Crippen LogP contribution is 2.38. The zero-order chi connectivity index (χ0) is 25.2. The molecule has 0 spiro atoms. The third-order valence-electron chi connectivity index (χ3n) is 7.45. The van der Waals surface area contributed by atoms with E-state index in [9.17, 15) is 9.59 Å². The van der Waals surface area contributed by atoms with Crippen LogP contribution in [0.3, 0.4) is 0 Å². The Morgan fingerprint density at radius 3 is 2.42 bits per heavy atom. The largest absolute Gasteiger partial charge is 0.493 e. The number of fused-ring (bicyclic) bond motifs is 1. The Balaban J connectivity index is 1.37. The minimum Gasteiger partial charge on any atom is -0.493 e. The third kappa shape index (κ3) is 5.25. The van der Waals surface area contributed by atoms with Gasteiger partial charge in [-0.3, -0.25) is 14.6 Å². The molecule has 190 valence electrons. The van der Waals surface area contributed by atoms with Crippen LogP contribution in [0.2, 0.25) is 0 Å². The number of ether oxygens (including phenoxy) is 1. The van der Waals surface area contributed by atoms with Gasteiger partial charge in [0.15, 0.2) is 0 Å². The second-order valence-electron chi connectivity index (χ2n) is 10.4. The van der Waals surface area contributed by atoms with Gasteiger partial charge in [-0.15, -0.1) is 0 Å². The number of nitrogens with one attached hydrogen (secondary N) is 3. The number of pyridine rings is 1. The van der Waals surface area contributed by atoms with E-state index in [0.29, 0.717) is 23.4 Å². The molecule has 2 fully saturated rings. The molecule has 3 aromatic rings. The van der Waals surface area contributed by atoms with E-state index in [1.54, 1.807) is 6.20 Å². The van der Waals surface area contributed by atoms with Crippen molar-refractivity contribution in [3.63, 3.8) is 0 Å². The van der Waals surface area contributed by atoms with Crippen LogP contribution in [0.5, 0.6) is 5.75 Å². The molecule has 0 unspecified atom stereocenters. The summed E-state index contributed by atoms with van der Waals surface area (Å²) in [5, 5.41) is 6.30. The van der Waals surface area contributed by atoms with Crippen LogP contribution in [-0.2, 0) is 4.79 Å². The van der Waals surface area contributed by atoms with E-state index in [2.05, 4.69) is 39.7 Å². The van der Waals surface area contributed by atoms with Crippen LogP contribution in [0.25, 0.3) is 22.2 Å². The van der Waals surface area contributed by atoms with Crippen LogP contribution >= 0.6 is 0 Å². The summed E-state index contributed by atoms with van der Waals surface area (Å²) in [7, 11) is 0. The fraction of sp³-hybridized carbons (Fsp3) is 0.483. The fourth-order valence-corrected chi connectivity index (χ4v) is 5.15. The molecule has 0 atom stereocenters. The van der Waals surface area contributed by atoms with Gasteiger partial charge in [-0.1, -0.05) is 18.6 Å². The van der Waals surface area contributed by atoms with Crippen molar-refractivity contribution in [2.24, 2.45) is 5.92 Å². The first kappa shape index (κ1) is 24.3. The average Bonchev–Trinajstić information content (AvgIpc) is 3.63. The summed E-state index contributed by atoms with van der Waals surface area (Å²) in [6.07, 6.45) is 8.22. The topological polar surface area (TPSA) is 96.1 Å². The molecule has 36 heavy (non-hydrogen) atoms. The molecule has 5 rings (SSSR count). The number of aromatic amines is 1. The van der Waals surface area contributed by atoms with Crippen molar-refractivity contribution in [2.75, 3.05) is 6.61 Å². The van der Waals surface area contributed by atoms with Gasteiger partial charge in [-0.2, -0.15) is 0 Å². The van der Waals surface area contributed by atoms with E-state index in [4.69, 9.17) is 4.74 Å². The smallest absolute Gasteiger partial charge is 0.255 e. The van der Waals surface area contributed by atoms with Crippen molar-refractivity contribution in [1.29, 1.82) is 0 Å². The Labute approximate surface area is 212 Å². The predicted molar refractivity (Wildman–Crippen MR) is 141 cm³/mol. The van der Waals surface area contributed by atoms with E-state index in [-0.39, 0.29) is 23.9 Å². The molecule has 0 radical (unpaired) electrons. The fourth-order valence-electron chi connectivity index (χ4n) is 5.15. The third-order valence-corrected chi connectivity index (χ3v) is 7.45. The first-order chi connectivity index (χ1) is 17.4. The molecule has 2 amide bonds. The van der Waals surface area contributed by atoms with Gasteiger partial charge in [0, 0.05) is 41.5 Å². The molecular weight excluding hydrogens is 452 g/mol. The molecule has 2 aliphatic rings. The SMILES string of the molecule is CCC(=O)NC1CCC(NC(=O)c2c(C)[nH]c3c(-c4cc(C)ccc4OCC4CC4)ccnc23)CC1. The average molecular weight is 489 g/mol. The normalized spacial score (nSPS) is 19.8. The number of aromatic nitrogens is 2. The van der Waals surface area contributed by atoms with Gasteiger partial charge in [-0.25, -0.2) is 0 Å². The number of hydrogen-bond acceptors (Lipinski definition) is 4. The Hall–Kier alpha value is -3.35. The molecule has 2 aliphatic carbocycles. The van der Waals surface area contributed by atoms with Crippen molar-refractivity contribution in [3.05, 3.63) is 47.3 Å². The van der Waals surface area contributed by atoms with Gasteiger partial charge in [-0.05, 0) is 76.5 Å². The van der Waals surface area contributed by atoms with Crippen molar-refractivity contribution in [1.82, 2.24) is 20.6 Å². The number of aryl methyl sites for hydroxylation is 2. The van der Waals surface area contributed by atoms with E-state index in [0.717, 1.165) is 65.9 Å². The number of amides is 2. The Kier molecular flexibility index (Phi) is 6.99. The highest BCUT2D eigenvalue weighted by Gasteiger charge is 2.27. The number of carbonyl (C=O) groups is 2. The van der Waals surface area contributed by atoms with Gasteiger partial charge >= 0.3 is 0 Å². The summed E-state index contributed by atoms with van der Waals surface area (Å²) in [5.74, 6) is 1.52. The van der Waals surface area contributed by atoms with Crippen LogP contribution in [0.1, 0.15) is 73.5 Å². The first-order valence-electron chi connectivity index (χ1n) is 13.2.